The molecule has 192 valence electrons. The Hall–Kier alpha value is -4.30. The summed E-state index contributed by atoms with van der Waals surface area (Å²) < 4.78 is 7.62. The lowest BCUT2D eigenvalue weighted by Crippen LogP contribution is -2.36. The molecule has 0 saturated carbocycles. The zero-order chi connectivity index (χ0) is 26.6. The van der Waals surface area contributed by atoms with Gasteiger partial charge in [0, 0.05) is 34.4 Å². The third kappa shape index (κ3) is 5.21. The van der Waals surface area contributed by atoms with E-state index in [9.17, 15) is 14.4 Å². The number of para-hydroxylation sites is 1. The predicted molar refractivity (Wildman–Crippen MR) is 151 cm³/mol. The highest BCUT2D eigenvalue weighted by Crippen LogP contribution is 2.36. The summed E-state index contributed by atoms with van der Waals surface area (Å²) in [5.41, 5.74) is 4.66. The van der Waals surface area contributed by atoms with Gasteiger partial charge in [-0.3, -0.25) is 19.3 Å². The number of nitrogens with zero attached hydrogens (tertiary/aromatic N) is 2. The summed E-state index contributed by atoms with van der Waals surface area (Å²) in [6.45, 7) is 4.79. The van der Waals surface area contributed by atoms with Gasteiger partial charge in [0.25, 0.3) is 11.1 Å². The Morgan fingerprint density at radius 2 is 1.68 bits per heavy atom. The number of hydrogen-bond donors (Lipinski definition) is 1. The van der Waals surface area contributed by atoms with E-state index in [4.69, 9.17) is 4.74 Å². The molecular formula is C30H27N3O4S. The summed E-state index contributed by atoms with van der Waals surface area (Å²) in [5, 5.41) is 3.27. The van der Waals surface area contributed by atoms with Crippen molar-refractivity contribution in [3.05, 3.63) is 101 Å². The van der Waals surface area contributed by atoms with Gasteiger partial charge in [-0.2, -0.15) is 0 Å². The molecule has 1 saturated heterocycles. The largest absolute Gasteiger partial charge is 0.494 e. The van der Waals surface area contributed by atoms with Crippen LogP contribution in [0.1, 0.15) is 23.7 Å². The fraction of sp³-hybridized carbons (Fsp3) is 0.167. The Kier molecular flexibility index (Phi) is 7.33. The van der Waals surface area contributed by atoms with Gasteiger partial charge in [0.05, 0.1) is 11.5 Å². The fourth-order valence-electron chi connectivity index (χ4n) is 4.52. The first-order valence-electron chi connectivity index (χ1n) is 12.3. The Balaban J connectivity index is 1.36. The first-order chi connectivity index (χ1) is 18.4. The molecule has 0 unspecified atom stereocenters. The molecule has 0 radical (unpaired) electrons. The molecule has 0 atom stereocenters. The van der Waals surface area contributed by atoms with Crippen molar-refractivity contribution in [1.29, 1.82) is 0 Å². The summed E-state index contributed by atoms with van der Waals surface area (Å²) in [7, 11) is 0. The zero-order valence-electron chi connectivity index (χ0n) is 21.1. The van der Waals surface area contributed by atoms with Crippen molar-refractivity contribution in [2.75, 3.05) is 18.5 Å². The molecule has 1 aromatic heterocycles. The number of aromatic nitrogens is 1. The van der Waals surface area contributed by atoms with Crippen molar-refractivity contribution in [2.24, 2.45) is 0 Å². The number of imide groups is 1. The number of amides is 3. The van der Waals surface area contributed by atoms with E-state index in [0.29, 0.717) is 29.5 Å². The normalized spacial score (nSPS) is 14.5. The number of anilines is 1. The second kappa shape index (κ2) is 11.0. The average molecular weight is 526 g/mol. The third-order valence-electron chi connectivity index (χ3n) is 6.36. The fourth-order valence-corrected chi connectivity index (χ4v) is 5.34. The number of carbonyl (C=O) groups is 3. The summed E-state index contributed by atoms with van der Waals surface area (Å²) in [6.07, 6.45) is 1.77. The van der Waals surface area contributed by atoms with Gasteiger partial charge in [0.1, 0.15) is 12.3 Å². The van der Waals surface area contributed by atoms with E-state index in [1.165, 1.54) is 5.56 Å². The average Bonchev–Trinajstić information content (AvgIpc) is 3.34. The zero-order valence-corrected chi connectivity index (χ0v) is 22.0. The molecule has 7 nitrogen and oxygen atoms in total. The maximum absolute atomic E-state index is 13.2. The Morgan fingerprint density at radius 1 is 0.974 bits per heavy atom. The molecule has 3 amide bonds. The SMILES string of the molecule is CCOc1ccc(NC(=O)CN2C(=O)S/C(=C/c3c(C)n(Cc4ccccc4)c4ccccc34)C2=O)cc1. The van der Waals surface area contributed by atoms with Crippen molar-refractivity contribution in [1.82, 2.24) is 9.47 Å². The topological polar surface area (TPSA) is 80.6 Å². The van der Waals surface area contributed by atoms with Crippen molar-refractivity contribution >= 4 is 51.5 Å². The highest BCUT2D eigenvalue weighted by molar-refractivity contribution is 8.18. The van der Waals surface area contributed by atoms with Gasteiger partial charge in [-0.05, 0) is 67.6 Å². The van der Waals surface area contributed by atoms with Gasteiger partial charge in [0.2, 0.25) is 5.91 Å². The van der Waals surface area contributed by atoms with Gasteiger partial charge in [-0.15, -0.1) is 0 Å². The van der Waals surface area contributed by atoms with Crippen molar-refractivity contribution in [3.63, 3.8) is 0 Å². The van der Waals surface area contributed by atoms with E-state index in [-0.39, 0.29) is 6.54 Å². The second-order valence-corrected chi connectivity index (χ2v) is 9.85. The quantitative estimate of drug-likeness (QED) is 0.282. The number of fused-ring (bicyclic) bond motifs is 1. The van der Waals surface area contributed by atoms with Crippen LogP contribution in [-0.2, 0) is 16.1 Å². The number of carbonyl (C=O) groups excluding carboxylic acids is 3. The third-order valence-corrected chi connectivity index (χ3v) is 7.27. The molecule has 38 heavy (non-hydrogen) atoms. The summed E-state index contributed by atoms with van der Waals surface area (Å²) in [4.78, 5) is 39.8. The van der Waals surface area contributed by atoms with Gasteiger partial charge < -0.3 is 14.6 Å². The number of nitrogens with one attached hydrogen (secondary N) is 1. The number of hydrogen-bond acceptors (Lipinski definition) is 5. The van der Waals surface area contributed by atoms with E-state index in [1.807, 2.05) is 50.2 Å². The van der Waals surface area contributed by atoms with Crippen LogP contribution in [0.25, 0.3) is 17.0 Å². The molecule has 3 aromatic carbocycles. The maximum atomic E-state index is 13.2. The first kappa shape index (κ1) is 25.4. The Bertz CT molecular complexity index is 1540. The standard InChI is InChI=1S/C30H27N3O4S/c1-3-37-23-15-13-22(14-16-23)31-28(34)19-33-29(35)27(38-30(33)36)17-25-20(2)32(18-21-9-5-4-6-10-21)26-12-8-7-11-24(25)26/h4-17H,3,18-19H2,1-2H3,(H,31,34)/b27-17+. The highest BCUT2D eigenvalue weighted by atomic mass is 32.2. The molecule has 8 heteroatoms. The van der Waals surface area contributed by atoms with Crippen LogP contribution < -0.4 is 10.1 Å². The summed E-state index contributed by atoms with van der Waals surface area (Å²) in [5.74, 6) is -0.225. The summed E-state index contributed by atoms with van der Waals surface area (Å²) in [6, 6.07) is 25.1. The van der Waals surface area contributed by atoms with E-state index >= 15 is 0 Å². The number of rotatable bonds is 8. The van der Waals surface area contributed by atoms with E-state index in [0.717, 1.165) is 38.8 Å². The molecule has 0 aliphatic carbocycles. The minimum atomic E-state index is -0.471. The molecule has 5 rings (SSSR count). The monoisotopic (exact) mass is 525 g/mol. The number of ether oxygens (including phenoxy) is 1. The molecule has 0 bridgehead atoms. The minimum Gasteiger partial charge on any atom is -0.494 e. The van der Waals surface area contributed by atoms with Gasteiger partial charge in [-0.25, -0.2) is 0 Å². The minimum absolute atomic E-state index is 0.301. The smallest absolute Gasteiger partial charge is 0.294 e. The van der Waals surface area contributed by atoms with E-state index in [1.54, 1.807) is 30.3 Å². The van der Waals surface area contributed by atoms with Crippen molar-refractivity contribution in [3.8, 4) is 5.75 Å². The lowest BCUT2D eigenvalue weighted by molar-refractivity contribution is -0.127. The molecule has 1 aliphatic rings. The van der Waals surface area contributed by atoms with Crippen LogP contribution in [0.5, 0.6) is 5.75 Å². The van der Waals surface area contributed by atoms with Crippen molar-refractivity contribution < 1.29 is 19.1 Å². The predicted octanol–water partition coefficient (Wildman–Crippen LogP) is 6.07. The molecule has 1 N–H and O–H groups in total. The van der Waals surface area contributed by atoms with Gasteiger partial charge >= 0.3 is 0 Å². The van der Waals surface area contributed by atoms with Gasteiger partial charge in [0.15, 0.2) is 0 Å². The second-order valence-electron chi connectivity index (χ2n) is 8.86. The molecule has 1 aliphatic heterocycles. The van der Waals surface area contributed by atoms with E-state index in [2.05, 4.69) is 28.1 Å². The molecule has 0 spiro atoms. The van der Waals surface area contributed by atoms with Crippen LogP contribution in [0.2, 0.25) is 0 Å². The van der Waals surface area contributed by atoms with Crippen LogP contribution in [0, 0.1) is 6.92 Å². The molecule has 2 heterocycles. The van der Waals surface area contributed by atoms with Gasteiger partial charge in [-0.1, -0.05) is 48.5 Å². The lowest BCUT2D eigenvalue weighted by atomic mass is 10.1. The lowest BCUT2D eigenvalue weighted by Gasteiger charge is -2.12. The molecule has 4 aromatic rings. The Labute approximate surface area is 225 Å². The van der Waals surface area contributed by atoms with Crippen LogP contribution in [0.15, 0.2) is 83.8 Å². The van der Waals surface area contributed by atoms with Crippen molar-refractivity contribution in [2.45, 2.75) is 20.4 Å². The number of thioether (sulfide) groups is 1. The number of benzene rings is 3. The van der Waals surface area contributed by atoms with Crippen LogP contribution in [0.3, 0.4) is 0 Å². The molecular weight excluding hydrogens is 498 g/mol. The molecule has 1 fully saturated rings. The summed E-state index contributed by atoms with van der Waals surface area (Å²) >= 11 is 0.856. The van der Waals surface area contributed by atoms with Crippen LogP contribution in [0.4, 0.5) is 10.5 Å². The first-order valence-corrected chi connectivity index (χ1v) is 13.2. The Morgan fingerprint density at radius 3 is 2.42 bits per heavy atom. The van der Waals surface area contributed by atoms with E-state index < -0.39 is 17.1 Å². The maximum Gasteiger partial charge on any atom is 0.294 e. The van der Waals surface area contributed by atoms with Crippen LogP contribution in [-0.4, -0.2) is 39.7 Å². The van der Waals surface area contributed by atoms with Crippen LogP contribution >= 0.6 is 11.8 Å². The highest BCUT2D eigenvalue weighted by Gasteiger charge is 2.36.